The summed E-state index contributed by atoms with van der Waals surface area (Å²) in [6.07, 6.45) is 1.87. The highest BCUT2D eigenvalue weighted by Gasteiger charge is 2.10. The van der Waals surface area contributed by atoms with Gasteiger partial charge in [0.05, 0.1) is 11.9 Å². The molecule has 0 aliphatic heterocycles. The van der Waals surface area contributed by atoms with E-state index in [1.54, 1.807) is 6.07 Å². The maximum absolute atomic E-state index is 9.83. The van der Waals surface area contributed by atoms with Crippen LogP contribution in [0, 0.1) is 13.8 Å². The number of phenols is 1. The predicted octanol–water partition coefficient (Wildman–Crippen LogP) is 3.18. The van der Waals surface area contributed by atoms with E-state index < -0.39 is 11.9 Å². The molecule has 0 spiro atoms. The largest absolute Gasteiger partial charge is 0.508 e. The Bertz CT molecular complexity index is 1010. The van der Waals surface area contributed by atoms with Crippen molar-refractivity contribution in [1.82, 2.24) is 9.55 Å². The van der Waals surface area contributed by atoms with Gasteiger partial charge >= 0.3 is 11.9 Å². The van der Waals surface area contributed by atoms with E-state index in [9.17, 15) is 5.11 Å². The van der Waals surface area contributed by atoms with Gasteiger partial charge in [-0.25, -0.2) is 14.6 Å². The van der Waals surface area contributed by atoms with Crippen LogP contribution in [-0.4, -0.2) is 36.8 Å². The number of carbonyl (C=O) groups is 2. The molecule has 0 saturated carbocycles. The summed E-state index contributed by atoms with van der Waals surface area (Å²) in [5.74, 6) is -2.57. The number of phenolic OH excluding ortho intramolecular Hbond substituents is 1. The van der Waals surface area contributed by atoms with Crippen LogP contribution in [0.15, 0.2) is 48.7 Å². The van der Waals surface area contributed by atoms with Crippen molar-refractivity contribution in [3.63, 3.8) is 0 Å². The number of carboxylic acids is 2. The van der Waals surface area contributed by atoms with Crippen LogP contribution < -0.4 is 5.32 Å². The van der Waals surface area contributed by atoms with Crippen molar-refractivity contribution in [2.24, 2.45) is 7.05 Å². The van der Waals surface area contributed by atoms with E-state index in [0.717, 1.165) is 22.8 Å². The number of nitrogens with zero attached hydrogens (tertiary/aromatic N) is 2. The lowest BCUT2D eigenvalue weighted by Gasteiger charge is -2.10. The monoisotopic (exact) mass is 397 g/mol. The minimum absolute atomic E-state index is 0.295. The highest BCUT2D eigenvalue weighted by atomic mass is 16.4. The average molecular weight is 397 g/mol. The second-order valence-corrected chi connectivity index (χ2v) is 6.42. The maximum atomic E-state index is 9.83. The zero-order chi connectivity index (χ0) is 21.6. The molecule has 0 bridgehead atoms. The van der Waals surface area contributed by atoms with Crippen molar-refractivity contribution in [2.75, 3.05) is 5.32 Å². The van der Waals surface area contributed by atoms with E-state index in [2.05, 4.69) is 42.3 Å². The average Bonchev–Trinajstić information content (AvgIpc) is 3.04. The lowest BCUT2D eigenvalue weighted by atomic mass is 10.0. The van der Waals surface area contributed by atoms with Gasteiger partial charge in [-0.15, -0.1) is 0 Å². The molecule has 1 heterocycles. The van der Waals surface area contributed by atoms with Crippen LogP contribution in [0.4, 0.5) is 5.95 Å². The molecule has 4 N–H and O–H groups in total. The van der Waals surface area contributed by atoms with E-state index >= 15 is 0 Å². The Balaban J connectivity index is 0.000000438. The third kappa shape index (κ3) is 5.58. The van der Waals surface area contributed by atoms with Crippen molar-refractivity contribution < 1.29 is 24.9 Å². The van der Waals surface area contributed by atoms with Crippen LogP contribution in [0.1, 0.15) is 16.7 Å². The summed E-state index contributed by atoms with van der Waals surface area (Å²) in [4.78, 5) is 22.7. The van der Waals surface area contributed by atoms with Gasteiger partial charge in [0, 0.05) is 24.7 Å². The number of nitrogens with one attached hydrogen (secondary N) is 1. The second-order valence-electron chi connectivity index (χ2n) is 6.42. The lowest BCUT2D eigenvalue weighted by Crippen LogP contribution is -2.09. The van der Waals surface area contributed by atoms with E-state index in [1.165, 1.54) is 11.1 Å². The molecule has 0 aliphatic carbocycles. The number of hydrogen-bond donors (Lipinski definition) is 4. The number of rotatable bonds is 4. The van der Waals surface area contributed by atoms with Crippen molar-refractivity contribution >= 4 is 17.9 Å². The first-order valence-corrected chi connectivity index (χ1v) is 8.77. The molecule has 3 rings (SSSR count). The number of hydrogen-bond acceptors (Lipinski definition) is 5. The number of carboxylic acid groups (broad SMARTS) is 2. The second kappa shape index (κ2) is 9.41. The number of para-hydroxylation sites is 1. The third-order valence-electron chi connectivity index (χ3n) is 4.40. The summed E-state index contributed by atoms with van der Waals surface area (Å²) >= 11 is 0. The van der Waals surface area contributed by atoms with Crippen LogP contribution in [-0.2, 0) is 23.2 Å². The van der Waals surface area contributed by atoms with Gasteiger partial charge in [-0.2, -0.15) is 0 Å². The number of aromatic nitrogens is 2. The zero-order valence-electron chi connectivity index (χ0n) is 16.4. The molecule has 3 aromatic rings. The molecule has 1 aromatic heterocycles. The zero-order valence-corrected chi connectivity index (χ0v) is 16.4. The molecule has 0 fully saturated rings. The van der Waals surface area contributed by atoms with Gasteiger partial charge in [0.15, 0.2) is 0 Å². The van der Waals surface area contributed by atoms with E-state index in [-0.39, 0.29) is 0 Å². The summed E-state index contributed by atoms with van der Waals surface area (Å²) in [7, 11) is 1.99. The first-order valence-electron chi connectivity index (χ1n) is 8.77. The normalized spacial score (nSPS) is 10.0. The van der Waals surface area contributed by atoms with E-state index in [4.69, 9.17) is 19.8 Å². The molecular formula is C21H23N3O5. The Morgan fingerprint density at radius 3 is 2.28 bits per heavy atom. The van der Waals surface area contributed by atoms with Crippen molar-refractivity contribution in [3.8, 4) is 17.0 Å². The van der Waals surface area contributed by atoms with Gasteiger partial charge in [-0.3, -0.25) is 0 Å². The standard InChI is InChI=1S/C19H21N3O.C2H2O4/c1-13-8-9-15(10-14(13)2)17-12-21-19(22(17)3)20-11-16-6-4-5-7-18(16)23;3-1(4)2(5)6/h4-10,12,23H,11H2,1-3H3,(H,20,21);(H,3,4)(H,5,6). The van der Waals surface area contributed by atoms with Gasteiger partial charge in [0.1, 0.15) is 5.75 Å². The van der Waals surface area contributed by atoms with Crippen LogP contribution in [0.3, 0.4) is 0 Å². The highest BCUT2D eigenvalue weighted by molar-refractivity contribution is 6.27. The van der Waals surface area contributed by atoms with Crippen molar-refractivity contribution in [1.29, 1.82) is 0 Å². The number of benzene rings is 2. The van der Waals surface area contributed by atoms with E-state index in [1.807, 2.05) is 36.0 Å². The molecule has 0 aliphatic rings. The Labute approximate surface area is 168 Å². The minimum atomic E-state index is -1.82. The maximum Gasteiger partial charge on any atom is 0.414 e. The van der Waals surface area contributed by atoms with Gasteiger partial charge in [-0.05, 0) is 37.1 Å². The molecule has 29 heavy (non-hydrogen) atoms. The van der Waals surface area contributed by atoms with Crippen molar-refractivity contribution in [3.05, 3.63) is 65.4 Å². The Kier molecular flexibility index (Phi) is 6.97. The third-order valence-corrected chi connectivity index (χ3v) is 4.40. The van der Waals surface area contributed by atoms with Crippen LogP contribution in [0.5, 0.6) is 5.75 Å². The van der Waals surface area contributed by atoms with Gasteiger partial charge < -0.3 is 25.2 Å². The fraction of sp³-hybridized carbons (Fsp3) is 0.190. The van der Waals surface area contributed by atoms with Crippen LogP contribution in [0.25, 0.3) is 11.3 Å². The number of imidazole rings is 1. The Hall–Kier alpha value is -3.81. The molecule has 152 valence electrons. The molecule has 0 saturated heterocycles. The summed E-state index contributed by atoms with van der Waals surface area (Å²) in [6.45, 7) is 4.76. The number of anilines is 1. The predicted molar refractivity (Wildman–Crippen MR) is 109 cm³/mol. The fourth-order valence-corrected chi connectivity index (χ4v) is 2.58. The van der Waals surface area contributed by atoms with Crippen molar-refractivity contribution in [2.45, 2.75) is 20.4 Å². The number of aromatic hydroxyl groups is 1. The molecule has 8 heteroatoms. The number of aliphatic carboxylic acids is 2. The van der Waals surface area contributed by atoms with Gasteiger partial charge in [0.25, 0.3) is 0 Å². The fourth-order valence-electron chi connectivity index (χ4n) is 2.58. The summed E-state index contributed by atoms with van der Waals surface area (Å²) in [5.41, 5.74) is 5.62. The molecule has 2 aromatic carbocycles. The highest BCUT2D eigenvalue weighted by Crippen LogP contribution is 2.25. The molecular weight excluding hydrogens is 374 g/mol. The molecule has 0 amide bonds. The first-order chi connectivity index (χ1) is 13.7. The summed E-state index contributed by atoms with van der Waals surface area (Å²) in [6, 6.07) is 13.7. The topological polar surface area (TPSA) is 125 Å². The summed E-state index contributed by atoms with van der Waals surface area (Å²) in [5, 5.41) is 27.9. The molecule has 0 radical (unpaired) electrons. The smallest absolute Gasteiger partial charge is 0.414 e. The lowest BCUT2D eigenvalue weighted by molar-refractivity contribution is -0.159. The quantitative estimate of drug-likeness (QED) is 0.498. The summed E-state index contributed by atoms with van der Waals surface area (Å²) < 4.78 is 2.03. The molecule has 0 unspecified atom stereocenters. The SMILES string of the molecule is Cc1ccc(-c2cnc(NCc3ccccc3O)n2C)cc1C.O=C(O)C(=O)O. The first kappa shape index (κ1) is 21.5. The number of aryl methyl sites for hydroxylation is 2. The van der Waals surface area contributed by atoms with E-state index in [0.29, 0.717) is 12.3 Å². The van der Waals surface area contributed by atoms with Crippen LogP contribution >= 0.6 is 0 Å². The Morgan fingerprint density at radius 2 is 1.69 bits per heavy atom. The van der Waals surface area contributed by atoms with Gasteiger partial charge in [-0.1, -0.05) is 30.3 Å². The Morgan fingerprint density at radius 1 is 1.03 bits per heavy atom. The van der Waals surface area contributed by atoms with Gasteiger partial charge in [0.2, 0.25) is 5.95 Å². The minimum Gasteiger partial charge on any atom is -0.508 e. The molecule has 8 nitrogen and oxygen atoms in total. The molecule has 0 atom stereocenters. The van der Waals surface area contributed by atoms with Crippen LogP contribution in [0.2, 0.25) is 0 Å².